The van der Waals surface area contributed by atoms with E-state index in [4.69, 9.17) is 5.21 Å². The molecule has 0 unspecified atom stereocenters. The molecule has 0 aliphatic rings. The smallest absolute Gasteiger partial charge is 0.331 e. The summed E-state index contributed by atoms with van der Waals surface area (Å²) in [6, 6.07) is 0. The van der Waals surface area contributed by atoms with E-state index in [1.807, 2.05) is 0 Å². The number of carbonyl (C=O) groups is 1. The molecule has 0 fully saturated rings. The van der Waals surface area contributed by atoms with E-state index in [1.165, 1.54) is 0 Å². The Morgan fingerprint density at radius 2 is 2.47 bits per heavy atom. The van der Waals surface area contributed by atoms with Crippen molar-refractivity contribution in [3.05, 3.63) is 16.6 Å². The van der Waals surface area contributed by atoms with Crippen LogP contribution in [0.2, 0.25) is 0 Å². The number of rotatable bonds is 3. The first kappa shape index (κ1) is 10.6. The predicted molar refractivity (Wildman–Crippen MR) is 44.2 cm³/mol. The molecule has 0 aromatic carbocycles. The van der Waals surface area contributed by atoms with Gasteiger partial charge in [0.2, 0.25) is 5.69 Å². The first-order chi connectivity index (χ1) is 7.15. The molecule has 0 saturated carbocycles. The average molecular weight is 214 g/mol. The van der Waals surface area contributed by atoms with Crippen LogP contribution < -0.4 is 4.90 Å². The van der Waals surface area contributed by atoms with Gasteiger partial charge in [-0.3, -0.25) is 4.63 Å². The molecule has 0 saturated heterocycles. The van der Waals surface area contributed by atoms with E-state index in [-0.39, 0.29) is 16.3 Å². The monoisotopic (exact) mass is 214 g/mol. The molecule has 15 heavy (non-hydrogen) atoms. The van der Waals surface area contributed by atoms with Gasteiger partial charge in [0.15, 0.2) is 0 Å². The lowest BCUT2D eigenvalue weighted by Crippen LogP contribution is -2.28. The standard InChI is InChI=1S/C6H6N4O5/c1-4(11)14-8-2-5-6(3-7-12)10(13)15-9-5/h2-3,12H,1H3. The summed E-state index contributed by atoms with van der Waals surface area (Å²) in [5.74, 6) is -0.623. The van der Waals surface area contributed by atoms with E-state index >= 15 is 0 Å². The Bertz CT molecular complexity index is 410. The summed E-state index contributed by atoms with van der Waals surface area (Å²) in [7, 11) is 0. The van der Waals surface area contributed by atoms with Gasteiger partial charge in [-0.2, -0.15) is 0 Å². The highest BCUT2D eigenvalue weighted by Crippen LogP contribution is 1.94. The van der Waals surface area contributed by atoms with Crippen LogP contribution in [0.1, 0.15) is 18.3 Å². The van der Waals surface area contributed by atoms with Crippen molar-refractivity contribution in [2.45, 2.75) is 6.92 Å². The van der Waals surface area contributed by atoms with Crippen LogP contribution in [0.25, 0.3) is 0 Å². The van der Waals surface area contributed by atoms with Gasteiger partial charge >= 0.3 is 5.97 Å². The highest BCUT2D eigenvalue weighted by molar-refractivity contribution is 5.89. The topological polar surface area (TPSA) is 124 Å². The van der Waals surface area contributed by atoms with Crippen LogP contribution in [0, 0.1) is 5.21 Å². The van der Waals surface area contributed by atoms with Crippen molar-refractivity contribution in [1.29, 1.82) is 0 Å². The van der Waals surface area contributed by atoms with Gasteiger partial charge in [-0.15, -0.1) is 0 Å². The lowest BCUT2D eigenvalue weighted by molar-refractivity contribution is -0.803. The molecule has 0 aliphatic carbocycles. The molecular weight excluding hydrogens is 208 g/mol. The normalized spacial score (nSPS) is 11.3. The fourth-order valence-electron chi connectivity index (χ4n) is 0.674. The zero-order valence-electron chi connectivity index (χ0n) is 7.52. The van der Waals surface area contributed by atoms with Gasteiger partial charge in [0.25, 0.3) is 5.69 Å². The van der Waals surface area contributed by atoms with E-state index in [0.717, 1.165) is 19.4 Å². The van der Waals surface area contributed by atoms with Crippen LogP contribution in [0.5, 0.6) is 0 Å². The molecule has 0 spiro atoms. The summed E-state index contributed by atoms with van der Waals surface area (Å²) >= 11 is 0. The zero-order chi connectivity index (χ0) is 11.3. The number of nitrogens with zero attached hydrogens (tertiary/aromatic N) is 4. The Morgan fingerprint density at radius 1 is 1.73 bits per heavy atom. The molecule has 0 aliphatic heterocycles. The van der Waals surface area contributed by atoms with Crippen LogP contribution in [-0.4, -0.2) is 28.8 Å². The van der Waals surface area contributed by atoms with Gasteiger partial charge in [0.1, 0.15) is 12.4 Å². The van der Waals surface area contributed by atoms with Gasteiger partial charge < -0.3 is 15.3 Å². The fourth-order valence-corrected chi connectivity index (χ4v) is 0.674. The molecule has 0 radical (unpaired) electrons. The second-order valence-electron chi connectivity index (χ2n) is 2.26. The number of hydrogen-bond donors (Lipinski definition) is 1. The summed E-state index contributed by atoms with van der Waals surface area (Å²) in [6.45, 7) is 1.16. The summed E-state index contributed by atoms with van der Waals surface area (Å²) < 4.78 is 4.18. The molecule has 1 aromatic rings. The van der Waals surface area contributed by atoms with Crippen molar-refractivity contribution in [3.63, 3.8) is 0 Å². The minimum absolute atomic E-state index is 0.00877. The van der Waals surface area contributed by atoms with Crippen LogP contribution in [-0.2, 0) is 9.63 Å². The number of hydrogen-bond acceptors (Lipinski definition) is 8. The highest BCUT2D eigenvalue weighted by atomic mass is 16.8. The highest BCUT2D eigenvalue weighted by Gasteiger charge is 2.15. The van der Waals surface area contributed by atoms with Crippen molar-refractivity contribution in [2.75, 3.05) is 0 Å². The minimum Gasteiger partial charge on any atom is -0.411 e. The third kappa shape index (κ3) is 2.76. The van der Waals surface area contributed by atoms with Crippen molar-refractivity contribution in [2.24, 2.45) is 10.3 Å². The average Bonchev–Trinajstić information content (AvgIpc) is 2.50. The first-order valence-corrected chi connectivity index (χ1v) is 3.63. The zero-order valence-corrected chi connectivity index (χ0v) is 7.52. The van der Waals surface area contributed by atoms with Crippen LogP contribution in [0.4, 0.5) is 0 Å². The Labute approximate surface area is 82.8 Å². The third-order valence-electron chi connectivity index (χ3n) is 1.21. The lowest BCUT2D eigenvalue weighted by Gasteiger charge is -1.86. The largest absolute Gasteiger partial charge is 0.411 e. The molecule has 0 bridgehead atoms. The maximum atomic E-state index is 10.8. The first-order valence-electron chi connectivity index (χ1n) is 3.63. The molecule has 9 heteroatoms. The molecule has 1 N–H and O–H groups in total. The van der Waals surface area contributed by atoms with Crippen molar-refractivity contribution in [1.82, 2.24) is 5.16 Å². The third-order valence-corrected chi connectivity index (χ3v) is 1.21. The van der Waals surface area contributed by atoms with Gasteiger partial charge in [0.05, 0.1) is 0 Å². The Balaban J connectivity index is 2.85. The summed E-state index contributed by atoms with van der Waals surface area (Å²) in [4.78, 5) is 14.6. The Morgan fingerprint density at radius 3 is 3.07 bits per heavy atom. The quantitative estimate of drug-likeness (QED) is 0.226. The van der Waals surface area contributed by atoms with Gasteiger partial charge in [-0.25, -0.2) is 4.79 Å². The molecule has 1 aromatic heterocycles. The molecule has 0 amide bonds. The van der Waals surface area contributed by atoms with E-state index in [2.05, 4.69) is 24.9 Å². The second kappa shape index (κ2) is 4.69. The number of carbonyl (C=O) groups excluding carboxylic acids is 1. The van der Waals surface area contributed by atoms with Crippen LogP contribution in [0.3, 0.4) is 0 Å². The molecule has 9 nitrogen and oxygen atoms in total. The maximum Gasteiger partial charge on any atom is 0.331 e. The van der Waals surface area contributed by atoms with Crippen LogP contribution >= 0.6 is 0 Å². The lowest BCUT2D eigenvalue weighted by atomic mass is 10.3. The second-order valence-corrected chi connectivity index (χ2v) is 2.26. The fraction of sp³-hybridized carbons (Fsp3) is 0.167. The molecule has 1 rings (SSSR count). The van der Waals surface area contributed by atoms with E-state index in [9.17, 15) is 10.0 Å². The Kier molecular flexibility index (Phi) is 3.33. The van der Waals surface area contributed by atoms with E-state index in [0.29, 0.717) is 0 Å². The minimum atomic E-state index is -0.623. The maximum absolute atomic E-state index is 10.8. The summed E-state index contributed by atoms with van der Waals surface area (Å²) in [5, 5.41) is 28.2. The van der Waals surface area contributed by atoms with Crippen molar-refractivity contribution in [3.8, 4) is 0 Å². The van der Waals surface area contributed by atoms with Crippen LogP contribution in [0.15, 0.2) is 14.9 Å². The van der Waals surface area contributed by atoms with Crippen molar-refractivity contribution >= 4 is 18.4 Å². The van der Waals surface area contributed by atoms with Crippen molar-refractivity contribution < 1.29 is 24.4 Å². The summed E-state index contributed by atoms with van der Waals surface area (Å²) in [6.07, 6.45) is 1.77. The van der Waals surface area contributed by atoms with Gasteiger partial charge in [-0.1, -0.05) is 10.3 Å². The molecular formula is C6H6N4O5. The SMILES string of the molecule is CC(=O)ON=Cc1no[n+]([O-])c1C=NO. The molecule has 0 atom stereocenters. The van der Waals surface area contributed by atoms with Gasteiger partial charge in [-0.05, 0) is 4.90 Å². The summed E-state index contributed by atoms with van der Waals surface area (Å²) in [5.41, 5.74) is -0.211. The predicted octanol–water partition coefficient (Wildman–Crippen LogP) is -0.987. The number of aromatic nitrogens is 2. The van der Waals surface area contributed by atoms with E-state index in [1.54, 1.807) is 0 Å². The molecule has 1 heterocycles. The van der Waals surface area contributed by atoms with E-state index < -0.39 is 5.97 Å². The molecule has 80 valence electrons. The number of oxime groups is 2. The Hall–Kier alpha value is -2.45. The van der Waals surface area contributed by atoms with Gasteiger partial charge in [0, 0.05) is 12.1 Å².